The standard InChI is InChI=1S/C19H21Cl2NO2S/c1-13-8-14(2)10-15(9-13)24-11-19(23)22-6-7-25-12-16-17(20)4-3-5-18(16)21/h3-5,8-10H,6-7,11-12H2,1-2H3,(H,22,23). The van der Waals surface area contributed by atoms with Crippen molar-refractivity contribution in [1.29, 1.82) is 0 Å². The average Bonchev–Trinajstić information content (AvgIpc) is 2.54. The van der Waals surface area contributed by atoms with Gasteiger partial charge in [0.05, 0.1) is 0 Å². The molecule has 3 nitrogen and oxygen atoms in total. The molecule has 25 heavy (non-hydrogen) atoms. The third-order valence-electron chi connectivity index (χ3n) is 3.44. The smallest absolute Gasteiger partial charge is 0.257 e. The van der Waals surface area contributed by atoms with Gasteiger partial charge in [-0.2, -0.15) is 11.8 Å². The van der Waals surface area contributed by atoms with Crippen LogP contribution >= 0.6 is 35.0 Å². The van der Waals surface area contributed by atoms with Crippen LogP contribution in [0.1, 0.15) is 16.7 Å². The van der Waals surface area contributed by atoms with Gasteiger partial charge in [-0.1, -0.05) is 35.3 Å². The molecule has 0 aromatic heterocycles. The van der Waals surface area contributed by atoms with E-state index in [1.807, 2.05) is 44.2 Å². The molecule has 0 aliphatic carbocycles. The highest BCUT2D eigenvalue weighted by molar-refractivity contribution is 7.98. The van der Waals surface area contributed by atoms with E-state index in [0.29, 0.717) is 22.3 Å². The summed E-state index contributed by atoms with van der Waals surface area (Å²) in [5.41, 5.74) is 3.16. The highest BCUT2D eigenvalue weighted by Gasteiger charge is 2.06. The Labute approximate surface area is 163 Å². The largest absolute Gasteiger partial charge is 0.484 e. The zero-order chi connectivity index (χ0) is 18.2. The van der Waals surface area contributed by atoms with Crippen LogP contribution < -0.4 is 10.1 Å². The predicted molar refractivity (Wildman–Crippen MR) is 107 cm³/mol. The van der Waals surface area contributed by atoms with E-state index >= 15 is 0 Å². The van der Waals surface area contributed by atoms with Gasteiger partial charge in [0.2, 0.25) is 0 Å². The van der Waals surface area contributed by atoms with Crippen molar-refractivity contribution >= 4 is 40.9 Å². The van der Waals surface area contributed by atoms with Crippen molar-refractivity contribution < 1.29 is 9.53 Å². The fraction of sp³-hybridized carbons (Fsp3) is 0.316. The third kappa shape index (κ3) is 6.81. The first-order valence-corrected chi connectivity index (χ1v) is 9.85. The fourth-order valence-electron chi connectivity index (χ4n) is 2.32. The number of halogens is 2. The first kappa shape index (κ1) is 20.0. The number of ether oxygens (including phenoxy) is 1. The van der Waals surface area contributed by atoms with E-state index in [9.17, 15) is 4.79 Å². The van der Waals surface area contributed by atoms with E-state index in [2.05, 4.69) is 11.4 Å². The van der Waals surface area contributed by atoms with Crippen LogP contribution in [-0.4, -0.2) is 24.8 Å². The van der Waals surface area contributed by atoms with Crippen molar-refractivity contribution in [2.45, 2.75) is 19.6 Å². The van der Waals surface area contributed by atoms with E-state index in [4.69, 9.17) is 27.9 Å². The maximum atomic E-state index is 11.8. The second-order valence-corrected chi connectivity index (χ2v) is 7.63. The zero-order valence-electron chi connectivity index (χ0n) is 14.3. The van der Waals surface area contributed by atoms with Crippen LogP contribution in [0.2, 0.25) is 10.0 Å². The fourth-order valence-corrected chi connectivity index (χ4v) is 3.92. The molecule has 0 aliphatic rings. The second kappa shape index (κ2) is 9.95. The molecule has 0 fully saturated rings. The number of amides is 1. The van der Waals surface area contributed by atoms with Crippen LogP contribution in [0, 0.1) is 13.8 Å². The van der Waals surface area contributed by atoms with Gasteiger partial charge in [0.15, 0.2) is 6.61 Å². The minimum absolute atomic E-state index is 0.0178. The SMILES string of the molecule is Cc1cc(C)cc(OCC(=O)NCCSCc2c(Cl)cccc2Cl)c1. The molecule has 0 heterocycles. The van der Waals surface area contributed by atoms with E-state index in [0.717, 1.165) is 28.2 Å². The van der Waals surface area contributed by atoms with Crippen LogP contribution in [0.3, 0.4) is 0 Å². The van der Waals surface area contributed by atoms with Gasteiger partial charge in [-0.25, -0.2) is 0 Å². The molecule has 0 bridgehead atoms. The first-order chi connectivity index (χ1) is 12.0. The molecule has 0 saturated heterocycles. The molecule has 6 heteroatoms. The maximum Gasteiger partial charge on any atom is 0.257 e. The Balaban J connectivity index is 1.65. The molecule has 1 N–H and O–H groups in total. The van der Waals surface area contributed by atoms with Gasteiger partial charge in [0.1, 0.15) is 5.75 Å². The molecule has 2 aromatic carbocycles. The summed E-state index contributed by atoms with van der Waals surface area (Å²) >= 11 is 13.9. The van der Waals surface area contributed by atoms with E-state index in [1.54, 1.807) is 11.8 Å². The molecule has 0 saturated carbocycles. The number of rotatable bonds is 8. The average molecular weight is 398 g/mol. The van der Waals surface area contributed by atoms with Gasteiger partial charge in [-0.15, -0.1) is 0 Å². The molecule has 0 spiro atoms. The summed E-state index contributed by atoms with van der Waals surface area (Å²) in [6.07, 6.45) is 0. The predicted octanol–water partition coefficient (Wildman–Crippen LogP) is 5.04. The molecule has 0 aliphatic heterocycles. The van der Waals surface area contributed by atoms with Crippen LogP contribution in [0.4, 0.5) is 0 Å². The van der Waals surface area contributed by atoms with Gasteiger partial charge in [0.25, 0.3) is 5.91 Å². The number of nitrogens with one attached hydrogen (secondary N) is 1. The van der Waals surface area contributed by atoms with Crippen molar-refractivity contribution in [2.24, 2.45) is 0 Å². The summed E-state index contributed by atoms with van der Waals surface area (Å²) in [6, 6.07) is 11.4. The van der Waals surface area contributed by atoms with E-state index < -0.39 is 0 Å². The molecule has 1 amide bonds. The number of benzene rings is 2. The Bertz CT molecular complexity index is 697. The third-order valence-corrected chi connectivity index (χ3v) is 5.14. The highest BCUT2D eigenvalue weighted by atomic mass is 35.5. The Kier molecular flexibility index (Phi) is 7.94. The molecule has 2 rings (SSSR count). The van der Waals surface area contributed by atoms with Gasteiger partial charge in [-0.3, -0.25) is 4.79 Å². The quantitative estimate of drug-likeness (QED) is 0.634. The Morgan fingerprint density at radius 1 is 1.12 bits per heavy atom. The van der Waals surface area contributed by atoms with Crippen LogP contribution in [0.25, 0.3) is 0 Å². The van der Waals surface area contributed by atoms with Crippen LogP contribution in [0.5, 0.6) is 5.75 Å². The van der Waals surface area contributed by atoms with E-state index in [1.165, 1.54) is 0 Å². The summed E-state index contributed by atoms with van der Waals surface area (Å²) in [5.74, 6) is 2.08. The topological polar surface area (TPSA) is 38.3 Å². The van der Waals surface area contributed by atoms with Crippen LogP contribution in [-0.2, 0) is 10.5 Å². The number of hydrogen-bond donors (Lipinski definition) is 1. The highest BCUT2D eigenvalue weighted by Crippen LogP contribution is 2.27. The summed E-state index contributed by atoms with van der Waals surface area (Å²) in [4.78, 5) is 11.8. The lowest BCUT2D eigenvalue weighted by molar-refractivity contribution is -0.122. The molecule has 0 radical (unpaired) electrons. The molecule has 0 atom stereocenters. The number of carbonyl (C=O) groups is 1. The van der Waals surface area contributed by atoms with Crippen molar-refractivity contribution in [1.82, 2.24) is 5.32 Å². The number of thioether (sulfide) groups is 1. The van der Waals surface area contributed by atoms with Gasteiger partial charge in [0, 0.05) is 28.1 Å². The molecule has 134 valence electrons. The molecular weight excluding hydrogens is 377 g/mol. The minimum atomic E-state index is -0.129. The Morgan fingerprint density at radius 2 is 1.76 bits per heavy atom. The molecule has 2 aromatic rings. The summed E-state index contributed by atoms with van der Waals surface area (Å²) in [5, 5.41) is 4.19. The summed E-state index contributed by atoms with van der Waals surface area (Å²) in [7, 11) is 0. The normalized spacial score (nSPS) is 10.6. The van der Waals surface area contributed by atoms with Gasteiger partial charge >= 0.3 is 0 Å². The number of aryl methyl sites for hydroxylation is 2. The lowest BCUT2D eigenvalue weighted by Crippen LogP contribution is -2.30. The van der Waals surface area contributed by atoms with Crippen molar-refractivity contribution in [3.63, 3.8) is 0 Å². The van der Waals surface area contributed by atoms with Crippen molar-refractivity contribution in [2.75, 3.05) is 18.9 Å². The van der Waals surface area contributed by atoms with E-state index in [-0.39, 0.29) is 12.5 Å². The van der Waals surface area contributed by atoms with Crippen molar-refractivity contribution in [3.8, 4) is 5.75 Å². The molecular formula is C19H21Cl2NO2S. The van der Waals surface area contributed by atoms with Crippen LogP contribution in [0.15, 0.2) is 36.4 Å². The monoisotopic (exact) mass is 397 g/mol. The summed E-state index contributed by atoms with van der Waals surface area (Å²) in [6.45, 7) is 4.59. The lowest BCUT2D eigenvalue weighted by atomic mass is 10.1. The Morgan fingerprint density at radius 3 is 2.40 bits per heavy atom. The van der Waals surface area contributed by atoms with Gasteiger partial charge in [-0.05, 0) is 54.8 Å². The second-order valence-electron chi connectivity index (χ2n) is 5.71. The molecule has 0 unspecified atom stereocenters. The van der Waals surface area contributed by atoms with Gasteiger partial charge < -0.3 is 10.1 Å². The Hall–Kier alpha value is -1.36. The lowest BCUT2D eigenvalue weighted by Gasteiger charge is -2.09. The number of carbonyl (C=O) groups excluding carboxylic acids is 1. The first-order valence-electron chi connectivity index (χ1n) is 7.94. The van der Waals surface area contributed by atoms with Crippen molar-refractivity contribution in [3.05, 3.63) is 63.1 Å². The zero-order valence-corrected chi connectivity index (χ0v) is 16.6. The maximum absolute atomic E-state index is 11.8. The number of hydrogen-bond acceptors (Lipinski definition) is 3. The minimum Gasteiger partial charge on any atom is -0.484 e. The summed E-state index contributed by atoms with van der Waals surface area (Å²) < 4.78 is 5.53.